The zero-order valence-electron chi connectivity index (χ0n) is 14.9. The van der Waals surface area contributed by atoms with Crippen LogP contribution < -0.4 is 11.1 Å². The summed E-state index contributed by atoms with van der Waals surface area (Å²) in [6, 6.07) is 3.91. The second kappa shape index (κ2) is 10.9. The number of carbonyl (C=O) groups excluding carboxylic acids is 1. The average molecular weight is 420 g/mol. The lowest BCUT2D eigenvalue weighted by molar-refractivity contribution is -0.121. The van der Waals surface area contributed by atoms with Crippen LogP contribution in [0.15, 0.2) is 21.9 Å². The first kappa shape index (κ1) is 23.0. The van der Waals surface area contributed by atoms with E-state index in [0.29, 0.717) is 18.9 Å². The lowest BCUT2D eigenvalue weighted by atomic mass is 9.84. The molecule has 5 nitrogen and oxygen atoms in total. The molecule has 0 aromatic carbocycles. The van der Waals surface area contributed by atoms with Crippen molar-refractivity contribution in [2.45, 2.75) is 51.5 Å². The summed E-state index contributed by atoms with van der Waals surface area (Å²) >= 11 is 1.50. The van der Waals surface area contributed by atoms with Gasteiger partial charge in [0.2, 0.25) is 5.91 Å². The molecule has 1 atom stereocenters. The number of hydrogen-bond donors (Lipinski definition) is 2. The van der Waals surface area contributed by atoms with E-state index < -0.39 is 0 Å². The Bertz CT molecular complexity index is 684. The van der Waals surface area contributed by atoms with Crippen molar-refractivity contribution in [3.05, 3.63) is 29.0 Å². The molecule has 1 unspecified atom stereocenters. The van der Waals surface area contributed by atoms with Crippen molar-refractivity contribution < 1.29 is 9.21 Å². The number of nitrogens with one attached hydrogen (secondary N) is 1. The van der Waals surface area contributed by atoms with Crippen LogP contribution in [0.4, 0.5) is 0 Å². The number of nitrogens with two attached hydrogens (primary N) is 1. The van der Waals surface area contributed by atoms with Crippen molar-refractivity contribution in [3.8, 4) is 10.8 Å². The second-order valence-electron chi connectivity index (χ2n) is 6.54. The SMILES string of the molecule is Cc1ccc(-c2nc(CC(=O)NC(CN)C3CCCCC3)cs2)o1.Cl.Cl. The number of hydrogen-bond acceptors (Lipinski definition) is 5. The summed E-state index contributed by atoms with van der Waals surface area (Å²) in [5, 5.41) is 5.85. The highest BCUT2D eigenvalue weighted by molar-refractivity contribution is 7.13. The Kier molecular flexibility index (Phi) is 9.64. The van der Waals surface area contributed by atoms with Gasteiger partial charge in [-0.25, -0.2) is 4.98 Å². The fraction of sp³-hybridized carbons (Fsp3) is 0.556. The Hall–Kier alpha value is -1.08. The highest BCUT2D eigenvalue weighted by Crippen LogP contribution is 2.27. The van der Waals surface area contributed by atoms with Crippen molar-refractivity contribution >= 4 is 42.1 Å². The summed E-state index contributed by atoms with van der Waals surface area (Å²) in [7, 11) is 0. The third-order valence-electron chi connectivity index (χ3n) is 4.66. The van der Waals surface area contributed by atoms with Gasteiger partial charge in [-0.3, -0.25) is 4.79 Å². The molecule has 1 aliphatic carbocycles. The number of aryl methyl sites for hydroxylation is 1. The number of rotatable bonds is 6. The van der Waals surface area contributed by atoms with E-state index in [9.17, 15) is 4.79 Å². The molecule has 26 heavy (non-hydrogen) atoms. The predicted molar refractivity (Wildman–Crippen MR) is 110 cm³/mol. The molecule has 8 heteroatoms. The summed E-state index contributed by atoms with van der Waals surface area (Å²) in [4.78, 5) is 16.9. The van der Waals surface area contributed by atoms with Crippen LogP contribution in [-0.2, 0) is 11.2 Å². The van der Waals surface area contributed by atoms with Crippen molar-refractivity contribution in [2.24, 2.45) is 11.7 Å². The Morgan fingerprint density at radius 3 is 2.69 bits per heavy atom. The molecule has 1 amide bonds. The van der Waals surface area contributed by atoms with Crippen LogP contribution in [0, 0.1) is 12.8 Å². The molecule has 1 aliphatic rings. The van der Waals surface area contributed by atoms with Crippen LogP contribution in [0.1, 0.15) is 43.6 Å². The summed E-state index contributed by atoms with van der Waals surface area (Å²) in [6.45, 7) is 2.41. The molecule has 1 fully saturated rings. The van der Waals surface area contributed by atoms with Crippen molar-refractivity contribution in [2.75, 3.05) is 6.54 Å². The molecule has 0 radical (unpaired) electrons. The molecule has 0 bridgehead atoms. The molecule has 0 spiro atoms. The van der Waals surface area contributed by atoms with Gasteiger partial charge in [-0.05, 0) is 37.8 Å². The van der Waals surface area contributed by atoms with E-state index >= 15 is 0 Å². The lowest BCUT2D eigenvalue weighted by Crippen LogP contribution is -2.46. The van der Waals surface area contributed by atoms with Crippen LogP contribution >= 0.6 is 36.2 Å². The van der Waals surface area contributed by atoms with E-state index in [2.05, 4.69) is 10.3 Å². The number of halogens is 2. The number of aromatic nitrogens is 1. The van der Waals surface area contributed by atoms with Gasteiger partial charge in [0.1, 0.15) is 5.76 Å². The number of furan rings is 1. The molecule has 0 saturated heterocycles. The maximum absolute atomic E-state index is 12.3. The minimum atomic E-state index is 0. The van der Waals surface area contributed by atoms with Crippen LogP contribution in [-0.4, -0.2) is 23.5 Å². The number of thiazole rings is 1. The van der Waals surface area contributed by atoms with Gasteiger partial charge in [0.05, 0.1) is 12.1 Å². The number of amides is 1. The monoisotopic (exact) mass is 419 g/mol. The summed E-state index contributed by atoms with van der Waals surface area (Å²) < 4.78 is 5.58. The molecular weight excluding hydrogens is 393 g/mol. The van der Waals surface area contributed by atoms with E-state index in [4.69, 9.17) is 10.2 Å². The van der Waals surface area contributed by atoms with Gasteiger partial charge < -0.3 is 15.5 Å². The van der Waals surface area contributed by atoms with Gasteiger partial charge in [0.25, 0.3) is 0 Å². The number of carbonyl (C=O) groups is 1. The highest BCUT2D eigenvalue weighted by atomic mass is 35.5. The minimum absolute atomic E-state index is 0. The van der Waals surface area contributed by atoms with Gasteiger partial charge in [-0.2, -0.15) is 0 Å². The van der Waals surface area contributed by atoms with Crippen LogP contribution in [0.25, 0.3) is 10.8 Å². The van der Waals surface area contributed by atoms with E-state index in [1.54, 1.807) is 0 Å². The maximum atomic E-state index is 12.3. The second-order valence-corrected chi connectivity index (χ2v) is 7.40. The molecule has 2 aromatic heterocycles. The van der Waals surface area contributed by atoms with E-state index in [1.165, 1.54) is 43.4 Å². The standard InChI is InChI=1S/C18H25N3O2S.2ClH/c1-12-7-8-16(23-12)18-20-14(11-24-18)9-17(22)21-15(10-19)13-5-3-2-4-6-13;;/h7-8,11,13,15H,2-6,9-10,19H2,1H3,(H,21,22);2*1H. The molecule has 0 aliphatic heterocycles. The van der Waals surface area contributed by atoms with Crippen LogP contribution in [0.2, 0.25) is 0 Å². The number of nitrogens with zero attached hydrogens (tertiary/aromatic N) is 1. The zero-order chi connectivity index (χ0) is 16.9. The third-order valence-corrected chi connectivity index (χ3v) is 5.57. The van der Waals surface area contributed by atoms with Crippen LogP contribution in [0.3, 0.4) is 0 Å². The molecule has 1 saturated carbocycles. The Morgan fingerprint density at radius 2 is 2.08 bits per heavy atom. The van der Waals surface area contributed by atoms with Crippen molar-refractivity contribution in [1.29, 1.82) is 0 Å². The van der Waals surface area contributed by atoms with E-state index in [1.807, 2.05) is 24.4 Å². The fourth-order valence-electron chi connectivity index (χ4n) is 3.38. The Morgan fingerprint density at radius 1 is 1.35 bits per heavy atom. The first-order valence-electron chi connectivity index (χ1n) is 8.66. The van der Waals surface area contributed by atoms with E-state index in [0.717, 1.165) is 22.2 Å². The molecule has 3 rings (SSSR count). The quantitative estimate of drug-likeness (QED) is 0.737. The fourth-order valence-corrected chi connectivity index (χ4v) is 4.16. The summed E-state index contributed by atoms with van der Waals surface area (Å²) in [6.07, 6.45) is 6.42. The maximum Gasteiger partial charge on any atom is 0.226 e. The predicted octanol–water partition coefficient (Wildman–Crippen LogP) is 4.12. The van der Waals surface area contributed by atoms with Gasteiger partial charge in [-0.1, -0.05) is 19.3 Å². The molecular formula is C18H27Cl2N3O2S. The zero-order valence-corrected chi connectivity index (χ0v) is 17.4. The average Bonchev–Trinajstić information content (AvgIpc) is 3.22. The normalized spacial score (nSPS) is 15.6. The van der Waals surface area contributed by atoms with Gasteiger partial charge in [0, 0.05) is 18.0 Å². The first-order valence-corrected chi connectivity index (χ1v) is 9.54. The summed E-state index contributed by atoms with van der Waals surface area (Å²) in [5.74, 6) is 2.14. The smallest absolute Gasteiger partial charge is 0.226 e. The molecule has 2 aromatic rings. The first-order chi connectivity index (χ1) is 11.7. The highest BCUT2D eigenvalue weighted by Gasteiger charge is 2.24. The van der Waals surface area contributed by atoms with Crippen molar-refractivity contribution in [1.82, 2.24) is 10.3 Å². The largest absolute Gasteiger partial charge is 0.459 e. The molecule has 2 heterocycles. The van der Waals surface area contributed by atoms with Gasteiger partial charge >= 0.3 is 0 Å². The molecule has 3 N–H and O–H groups in total. The Labute approximate surface area is 171 Å². The van der Waals surface area contributed by atoms with Crippen molar-refractivity contribution in [3.63, 3.8) is 0 Å². The third kappa shape index (κ3) is 5.98. The van der Waals surface area contributed by atoms with Crippen LogP contribution in [0.5, 0.6) is 0 Å². The molecule has 146 valence electrons. The topological polar surface area (TPSA) is 81.2 Å². The van der Waals surface area contributed by atoms with E-state index in [-0.39, 0.29) is 36.8 Å². The lowest BCUT2D eigenvalue weighted by Gasteiger charge is -2.30. The van der Waals surface area contributed by atoms with Gasteiger partial charge in [0.15, 0.2) is 10.8 Å². The Balaban J connectivity index is 0.00000169. The minimum Gasteiger partial charge on any atom is -0.459 e. The van der Waals surface area contributed by atoms with Gasteiger partial charge in [-0.15, -0.1) is 36.2 Å². The summed E-state index contributed by atoms with van der Waals surface area (Å²) in [5.41, 5.74) is 6.67.